The Hall–Kier alpha value is -1.77. The van der Waals surface area contributed by atoms with Gasteiger partial charge in [0, 0.05) is 0 Å². The minimum Gasteiger partial charge on any atom is -0.504 e. The maximum Gasteiger partial charge on any atom is 0.160 e. The molecule has 0 aliphatic rings. The first-order valence-electron chi connectivity index (χ1n) is 6.89. The summed E-state index contributed by atoms with van der Waals surface area (Å²) < 4.78 is 1.88. The van der Waals surface area contributed by atoms with Crippen LogP contribution < -0.4 is 0 Å². The predicted molar refractivity (Wildman–Crippen MR) is 77.9 cm³/mol. The van der Waals surface area contributed by atoms with Crippen LogP contribution in [0, 0.1) is 12.8 Å². The highest BCUT2D eigenvalue weighted by molar-refractivity contribution is 5.42. The summed E-state index contributed by atoms with van der Waals surface area (Å²) in [5, 5.41) is 14.9. The monoisotopic (exact) mass is 258 g/mol. The molecule has 1 heterocycles. The zero-order valence-electron chi connectivity index (χ0n) is 12.1. The number of rotatable bonds is 4. The van der Waals surface area contributed by atoms with E-state index in [2.05, 4.69) is 38.0 Å². The van der Waals surface area contributed by atoms with E-state index in [4.69, 9.17) is 0 Å². The van der Waals surface area contributed by atoms with Gasteiger partial charge in [-0.3, -0.25) is 0 Å². The van der Waals surface area contributed by atoms with Gasteiger partial charge in [0.1, 0.15) is 5.69 Å². The molecule has 0 bridgehead atoms. The lowest BCUT2D eigenvalue weighted by atomic mass is 10.1. The maximum absolute atomic E-state index is 10.3. The molecule has 0 spiro atoms. The molecule has 0 saturated carbocycles. The van der Waals surface area contributed by atoms with Crippen LogP contribution in [0.5, 0.6) is 5.75 Å². The first-order valence-corrected chi connectivity index (χ1v) is 6.89. The third-order valence-electron chi connectivity index (χ3n) is 3.21. The molecule has 19 heavy (non-hydrogen) atoms. The van der Waals surface area contributed by atoms with E-state index in [0.29, 0.717) is 11.7 Å². The van der Waals surface area contributed by atoms with Gasteiger partial charge in [-0.05, 0) is 43.4 Å². The van der Waals surface area contributed by atoms with E-state index in [1.54, 1.807) is 0 Å². The van der Waals surface area contributed by atoms with Crippen molar-refractivity contribution in [3.8, 4) is 11.4 Å². The Balaban J connectivity index is 2.51. The van der Waals surface area contributed by atoms with Crippen molar-refractivity contribution in [2.75, 3.05) is 0 Å². The topological polar surface area (TPSA) is 38.1 Å². The molecule has 0 unspecified atom stereocenters. The van der Waals surface area contributed by atoms with E-state index in [1.807, 2.05) is 23.7 Å². The van der Waals surface area contributed by atoms with E-state index in [1.165, 1.54) is 5.56 Å². The predicted octanol–water partition coefficient (Wildman–Crippen LogP) is 3.65. The summed E-state index contributed by atoms with van der Waals surface area (Å²) in [7, 11) is 0. The molecule has 0 aliphatic heterocycles. The fraction of sp³-hybridized carbons (Fsp3) is 0.438. The van der Waals surface area contributed by atoms with Gasteiger partial charge in [0.2, 0.25) is 0 Å². The normalized spacial score (nSPS) is 11.2. The van der Waals surface area contributed by atoms with Crippen molar-refractivity contribution in [3.05, 3.63) is 41.2 Å². The molecule has 0 fully saturated rings. The first-order chi connectivity index (χ1) is 9.02. The molecule has 2 aromatic rings. The minimum absolute atomic E-state index is 0.359. The minimum atomic E-state index is 0.359. The van der Waals surface area contributed by atoms with E-state index in [-0.39, 0.29) is 0 Å². The van der Waals surface area contributed by atoms with Gasteiger partial charge >= 0.3 is 0 Å². The number of benzene rings is 1. The van der Waals surface area contributed by atoms with Crippen molar-refractivity contribution in [1.29, 1.82) is 0 Å². The maximum atomic E-state index is 10.3. The second kappa shape index (κ2) is 5.47. The average Bonchev–Trinajstić information content (AvgIpc) is 2.65. The van der Waals surface area contributed by atoms with Gasteiger partial charge in [0.15, 0.2) is 5.75 Å². The number of nitrogens with zero attached hydrogens (tertiary/aromatic N) is 2. The number of aromatic nitrogens is 2. The lowest BCUT2D eigenvalue weighted by Gasteiger charge is -2.06. The molecule has 3 heteroatoms. The third kappa shape index (κ3) is 2.80. The molecule has 1 aromatic carbocycles. The molecule has 0 radical (unpaired) electrons. The molecule has 1 aromatic heterocycles. The molecule has 3 nitrogen and oxygen atoms in total. The summed E-state index contributed by atoms with van der Waals surface area (Å²) >= 11 is 0. The van der Waals surface area contributed by atoms with E-state index in [9.17, 15) is 5.11 Å². The van der Waals surface area contributed by atoms with Crippen molar-refractivity contribution >= 4 is 0 Å². The van der Waals surface area contributed by atoms with Crippen molar-refractivity contribution in [2.24, 2.45) is 5.92 Å². The quantitative estimate of drug-likeness (QED) is 0.909. The number of hydrogen-bond acceptors (Lipinski definition) is 2. The highest BCUT2D eigenvalue weighted by Gasteiger charge is 2.17. The summed E-state index contributed by atoms with van der Waals surface area (Å²) in [4.78, 5) is 0. The molecule has 1 N–H and O–H groups in total. The average molecular weight is 258 g/mol. The first kappa shape index (κ1) is 13.7. The van der Waals surface area contributed by atoms with Crippen LogP contribution in [0.25, 0.3) is 5.69 Å². The fourth-order valence-electron chi connectivity index (χ4n) is 2.31. The Morgan fingerprint density at radius 1 is 1.32 bits per heavy atom. The fourth-order valence-corrected chi connectivity index (χ4v) is 2.31. The zero-order valence-corrected chi connectivity index (χ0v) is 12.1. The third-order valence-corrected chi connectivity index (χ3v) is 3.21. The van der Waals surface area contributed by atoms with E-state index < -0.39 is 0 Å². The highest BCUT2D eigenvalue weighted by Crippen LogP contribution is 2.27. The zero-order chi connectivity index (χ0) is 14.0. The second-order valence-electron chi connectivity index (χ2n) is 5.44. The molecular weight excluding hydrogens is 236 g/mol. The van der Waals surface area contributed by atoms with Crippen LogP contribution in [0.2, 0.25) is 0 Å². The van der Waals surface area contributed by atoms with Crippen LogP contribution in [0.15, 0.2) is 24.3 Å². The molecular formula is C16H22N2O. The van der Waals surface area contributed by atoms with Gasteiger partial charge in [-0.25, -0.2) is 4.68 Å². The Bertz CT molecular complexity index is 570. The molecule has 0 amide bonds. The number of aromatic hydroxyl groups is 1. The Kier molecular flexibility index (Phi) is 3.93. The lowest BCUT2D eigenvalue weighted by molar-refractivity contribution is 0.456. The summed E-state index contributed by atoms with van der Waals surface area (Å²) in [6, 6.07) is 8.20. The van der Waals surface area contributed by atoms with Gasteiger partial charge in [0.05, 0.1) is 11.4 Å². The van der Waals surface area contributed by atoms with Crippen LogP contribution >= 0.6 is 0 Å². The Labute approximate surface area is 114 Å². The lowest BCUT2D eigenvalue weighted by Crippen LogP contribution is -2.02. The SMILES string of the molecule is CCc1c(O)c(CC(C)C)nn1-c1cccc(C)c1. The highest BCUT2D eigenvalue weighted by atomic mass is 16.3. The van der Waals surface area contributed by atoms with Gasteiger partial charge in [-0.2, -0.15) is 5.10 Å². The Morgan fingerprint density at radius 2 is 2.05 bits per heavy atom. The smallest absolute Gasteiger partial charge is 0.160 e. The summed E-state index contributed by atoms with van der Waals surface area (Å²) in [5.74, 6) is 0.842. The van der Waals surface area contributed by atoms with Gasteiger partial charge < -0.3 is 5.11 Å². The van der Waals surface area contributed by atoms with Crippen molar-refractivity contribution in [2.45, 2.75) is 40.5 Å². The van der Waals surface area contributed by atoms with Crippen LogP contribution in [0.3, 0.4) is 0 Å². The molecule has 2 rings (SSSR count). The van der Waals surface area contributed by atoms with Crippen molar-refractivity contribution in [1.82, 2.24) is 9.78 Å². The van der Waals surface area contributed by atoms with Crippen LogP contribution in [0.1, 0.15) is 37.7 Å². The second-order valence-corrected chi connectivity index (χ2v) is 5.44. The molecule has 0 atom stereocenters. The summed E-state index contributed by atoms with van der Waals surface area (Å²) in [6.45, 7) is 8.38. The van der Waals surface area contributed by atoms with Crippen LogP contribution in [-0.4, -0.2) is 14.9 Å². The standard InChI is InChI=1S/C16H22N2O/c1-5-15-16(19)14(9-11(2)3)17-18(15)13-8-6-7-12(4)10-13/h6-8,10-11,19H,5,9H2,1-4H3. The molecule has 102 valence electrons. The van der Waals surface area contributed by atoms with Crippen LogP contribution in [-0.2, 0) is 12.8 Å². The van der Waals surface area contributed by atoms with E-state index >= 15 is 0 Å². The van der Waals surface area contributed by atoms with Crippen molar-refractivity contribution in [3.63, 3.8) is 0 Å². The largest absolute Gasteiger partial charge is 0.504 e. The molecule has 0 aliphatic carbocycles. The van der Waals surface area contributed by atoms with Crippen molar-refractivity contribution < 1.29 is 5.11 Å². The Morgan fingerprint density at radius 3 is 2.63 bits per heavy atom. The van der Waals surface area contributed by atoms with Gasteiger partial charge in [-0.15, -0.1) is 0 Å². The van der Waals surface area contributed by atoms with Gasteiger partial charge in [-0.1, -0.05) is 32.9 Å². The summed E-state index contributed by atoms with van der Waals surface area (Å²) in [5.41, 5.74) is 3.90. The number of hydrogen-bond donors (Lipinski definition) is 1. The molecule has 0 saturated heterocycles. The van der Waals surface area contributed by atoms with E-state index in [0.717, 1.165) is 29.9 Å². The van der Waals surface area contributed by atoms with Crippen LogP contribution in [0.4, 0.5) is 0 Å². The van der Waals surface area contributed by atoms with Gasteiger partial charge in [0.25, 0.3) is 0 Å². The summed E-state index contributed by atoms with van der Waals surface area (Å²) in [6.07, 6.45) is 1.57. The number of aryl methyl sites for hydroxylation is 1.